The first kappa shape index (κ1) is 17.3. The van der Waals surface area contributed by atoms with Crippen LogP contribution in [-0.2, 0) is 6.54 Å². The van der Waals surface area contributed by atoms with Crippen molar-refractivity contribution in [1.29, 1.82) is 0 Å². The second kappa shape index (κ2) is 7.23. The van der Waals surface area contributed by atoms with Crippen LogP contribution in [0.3, 0.4) is 0 Å². The summed E-state index contributed by atoms with van der Waals surface area (Å²) in [6.45, 7) is 0.458. The molecule has 0 fully saturated rings. The van der Waals surface area contributed by atoms with E-state index >= 15 is 0 Å². The van der Waals surface area contributed by atoms with Crippen LogP contribution in [0.1, 0.15) is 5.56 Å². The van der Waals surface area contributed by atoms with E-state index in [1.54, 1.807) is 6.33 Å². The van der Waals surface area contributed by atoms with Crippen molar-refractivity contribution in [3.8, 4) is 11.5 Å². The fraction of sp³-hybridized carbons (Fsp3) is 0.0556. The minimum absolute atomic E-state index is 0.458. The molecular weight excluding hydrogens is 437 g/mol. The van der Waals surface area contributed by atoms with E-state index in [9.17, 15) is 0 Å². The van der Waals surface area contributed by atoms with Gasteiger partial charge >= 0.3 is 0 Å². The molecule has 0 radical (unpaired) electrons. The third kappa shape index (κ3) is 3.40. The molecule has 26 heavy (non-hydrogen) atoms. The Hall–Kier alpha value is -2.15. The van der Waals surface area contributed by atoms with Crippen LogP contribution in [0.5, 0.6) is 0 Å². The third-order valence-corrected chi connectivity index (χ3v) is 5.14. The van der Waals surface area contributed by atoms with Gasteiger partial charge in [-0.1, -0.05) is 45.2 Å². The van der Waals surface area contributed by atoms with Gasteiger partial charge < -0.3 is 9.88 Å². The van der Waals surface area contributed by atoms with Crippen LogP contribution in [0, 0.1) is 0 Å². The number of rotatable bonds is 4. The molecule has 0 amide bonds. The van der Waals surface area contributed by atoms with Crippen molar-refractivity contribution >= 4 is 50.6 Å². The summed E-state index contributed by atoms with van der Waals surface area (Å²) in [6, 6.07) is 13.3. The highest BCUT2D eigenvalue weighted by Crippen LogP contribution is 2.30. The quantitative estimate of drug-likeness (QED) is 0.439. The Morgan fingerprint density at radius 1 is 0.962 bits per heavy atom. The highest BCUT2D eigenvalue weighted by molar-refractivity contribution is 9.10. The summed E-state index contributed by atoms with van der Waals surface area (Å²) in [6.07, 6.45) is 3.22. The molecule has 2 aliphatic rings. The Kier molecular flexibility index (Phi) is 4.80. The minimum atomic E-state index is 0.458. The molecule has 0 unspecified atom stereocenters. The number of halogens is 3. The van der Waals surface area contributed by atoms with Crippen molar-refractivity contribution in [3.05, 3.63) is 75.2 Å². The number of benzene rings is 2. The van der Waals surface area contributed by atoms with Crippen molar-refractivity contribution < 1.29 is 0 Å². The van der Waals surface area contributed by atoms with Gasteiger partial charge in [-0.15, -0.1) is 0 Å². The summed E-state index contributed by atoms with van der Waals surface area (Å²) in [5.74, 6) is 1.34. The van der Waals surface area contributed by atoms with E-state index in [1.165, 1.54) is 6.33 Å². The second-order valence-corrected chi connectivity index (χ2v) is 7.33. The normalized spacial score (nSPS) is 11.0. The summed E-state index contributed by atoms with van der Waals surface area (Å²) in [5, 5.41) is 4.49. The molecule has 0 spiro atoms. The van der Waals surface area contributed by atoms with Crippen molar-refractivity contribution in [1.82, 2.24) is 19.5 Å². The number of aromatic nitrogens is 4. The second-order valence-electron chi connectivity index (χ2n) is 5.60. The Labute approximate surface area is 168 Å². The van der Waals surface area contributed by atoms with Crippen molar-refractivity contribution in [2.75, 3.05) is 5.32 Å². The molecule has 2 aliphatic heterocycles. The monoisotopic (exact) mass is 447 g/mol. The average Bonchev–Trinajstić information content (AvgIpc) is 3.12. The van der Waals surface area contributed by atoms with E-state index < -0.39 is 0 Å². The lowest BCUT2D eigenvalue weighted by molar-refractivity contribution is 0.762. The summed E-state index contributed by atoms with van der Waals surface area (Å²) in [5.41, 5.74) is 2.41. The minimum Gasteiger partial charge on any atom is -0.338 e. The molecule has 130 valence electrons. The molecule has 8 heteroatoms. The number of fused-ring (bicyclic) bond motifs is 1. The lowest BCUT2D eigenvalue weighted by atomic mass is 10.2. The molecule has 0 saturated carbocycles. The highest BCUT2D eigenvalue weighted by Gasteiger charge is 2.18. The molecule has 5 nitrogen and oxygen atoms in total. The molecule has 1 N–H and O–H groups in total. The van der Waals surface area contributed by atoms with Crippen LogP contribution in [0.25, 0.3) is 11.5 Å². The number of hydrogen-bond donors (Lipinski definition) is 1. The first-order chi connectivity index (χ1) is 12.6. The molecule has 2 aromatic carbocycles. The Bertz CT molecular complexity index is 1010. The van der Waals surface area contributed by atoms with Gasteiger partial charge in [-0.25, -0.2) is 15.0 Å². The van der Waals surface area contributed by atoms with E-state index in [0.717, 1.165) is 15.7 Å². The fourth-order valence-corrected chi connectivity index (χ4v) is 3.39. The predicted molar refractivity (Wildman–Crippen MR) is 107 cm³/mol. The summed E-state index contributed by atoms with van der Waals surface area (Å²) in [4.78, 5) is 13.2. The molecule has 0 atom stereocenters. The average molecular weight is 449 g/mol. The van der Waals surface area contributed by atoms with E-state index in [0.29, 0.717) is 33.9 Å². The summed E-state index contributed by atoms with van der Waals surface area (Å²) < 4.78 is 2.89. The molecule has 0 aromatic heterocycles. The number of hydrogen-bond acceptors (Lipinski definition) is 4. The third-order valence-electron chi connectivity index (χ3n) is 3.90. The van der Waals surface area contributed by atoms with Gasteiger partial charge in [-0.3, -0.25) is 0 Å². The van der Waals surface area contributed by atoms with Crippen molar-refractivity contribution in [2.24, 2.45) is 0 Å². The zero-order valence-electron chi connectivity index (χ0n) is 13.3. The van der Waals surface area contributed by atoms with Crippen LogP contribution in [0.2, 0.25) is 10.0 Å². The van der Waals surface area contributed by atoms with E-state index in [2.05, 4.69) is 36.2 Å². The van der Waals surface area contributed by atoms with Crippen LogP contribution < -0.4 is 5.32 Å². The van der Waals surface area contributed by atoms with Crippen LogP contribution >= 0.6 is 39.1 Å². The van der Waals surface area contributed by atoms with Crippen LogP contribution in [0.4, 0.5) is 11.5 Å². The maximum atomic E-state index is 6.29. The van der Waals surface area contributed by atoms with Crippen molar-refractivity contribution in [2.45, 2.75) is 6.54 Å². The fourth-order valence-electron chi connectivity index (χ4n) is 2.61. The number of nitrogens with zero attached hydrogens (tertiary/aromatic N) is 4. The Balaban J connectivity index is 1.68. The van der Waals surface area contributed by atoms with Gasteiger partial charge in [0.2, 0.25) is 0 Å². The maximum absolute atomic E-state index is 6.29. The van der Waals surface area contributed by atoms with Gasteiger partial charge in [0.15, 0.2) is 17.3 Å². The zero-order valence-corrected chi connectivity index (χ0v) is 16.4. The van der Waals surface area contributed by atoms with Gasteiger partial charge in [-0.05, 0) is 36.4 Å². The van der Waals surface area contributed by atoms with Gasteiger partial charge in [0.1, 0.15) is 6.33 Å². The Morgan fingerprint density at radius 3 is 2.42 bits per heavy atom. The molecule has 4 rings (SSSR count). The highest BCUT2D eigenvalue weighted by atomic mass is 79.9. The summed E-state index contributed by atoms with van der Waals surface area (Å²) in [7, 11) is 0. The van der Waals surface area contributed by atoms with Crippen LogP contribution in [0.15, 0.2) is 59.6 Å². The number of imidazole rings is 1. The Morgan fingerprint density at radius 2 is 1.69 bits per heavy atom. The lowest BCUT2D eigenvalue weighted by Crippen LogP contribution is -2.10. The van der Waals surface area contributed by atoms with E-state index in [1.807, 2.05) is 47.0 Å². The lowest BCUT2D eigenvalue weighted by Gasteiger charge is -2.15. The van der Waals surface area contributed by atoms with Crippen LogP contribution in [-0.4, -0.2) is 19.5 Å². The first-order valence-electron chi connectivity index (χ1n) is 7.73. The topological polar surface area (TPSA) is 55.6 Å². The molecule has 2 aromatic rings. The van der Waals surface area contributed by atoms with Gasteiger partial charge in [0.25, 0.3) is 0 Å². The molecule has 0 bridgehead atoms. The molecule has 2 heterocycles. The smallest absolute Gasteiger partial charge is 0.165 e. The number of nitrogens with one attached hydrogen (secondary N) is 1. The molecular formula is C18H12BrCl2N5. The molecule has 0 aliphatic carbocycles. The largest absolute Gasteiger partial charge is 0.338 e. The van der Waals surface area contributed by atoms with Gasteiger partial charge in [0, 0.05) is 25.8 Å². The predicted octanol–water partition coefficient (Wildman–Crippen LogP) is 5.64. The van der Waals surface area contributed by atoms with Gasteiger partial charge in [0.05, 0.1) is 12.9 Å². The SMILES string of the molecule is Clc1cccc(Cl)c1Cn1cnc(Nc2ccc(Br)cc2)c2ncnc1-2. The molecule has 0 saturated heterocycles. The maximum Gasteiger partial charge on any atom is 0.165 e. The number of anilines is 2. The first-order valence-corrected chi connectivity index (χ1v) is 9.28. The zero-order chi connectivity index (χ0) is 18.1. The van der Waals surface area contributed by atoms with Crippen molar-refractivity contribution in [3.63, 3.8) is 0 Å². The van der Waals surface area contributed by atoms with E-state index in [-0.39, 0.29) is 0 Å². The standard InChI is InChI=1S/C18H12BrCl2N5/c19-11-4-6-12(7-5-11)25-17-16-18(23-9-22-16)26(10-24-17)8-13-14(20)2-1-3-15(13)21/h1-7,9-10,25H,8H2. The van der Waals surface area contributed by atoms with Gasteiger partial charge in [-0.2, -0.15) is 0 Å². The summed E-state index contributed by atoms with van der Waals surface area (Å²) >= 11 is 16.0. The van der Waals surface area contributed by atoms with E-state index in [4.69, 9.17) is 23.2 Å².